The Bertz CT molecular complexity index is 1010. The minimum atomic E-state index is -0.187. The number of carbonyl (C=O) groups is 1. The average molecular weight is 365 g/mol. The van der Waals surface area contributed by atoms with E-state index >= 15 is 0 Å². The van der Waals surface area contributed by atoms with Crippen molar-refractivity contribution in [2.75, 3.05) is 6.54 Å². The van der Waals surface area contributed by atoms with Gasteiger partial charge in [-0.15, -0.1) is 0 Å². The lowest BCUT2D eigenvalue weighted by atomic mass is 10.2. The molecule has 3 aromatic rings. The summed E-state index contributed by atoms with van der Waals surface area (Å²) in [5.41, 5.74) is 1.86. The number of carbonyl (C=O) groups excluding carboxylic acids is 1. The molecule has 0 bridgehead atoms. The average Bonchev–Trinajstić information content (AvgIpc) is 3.32. The summed E-state index contributed by atoms with van der Waals surface area (Å²) in [6, 6.07) is 6.80. The number of likely N-dealkylation sites (tertiary alicyclic amines) is 1. The molecule has 4 rings (SSSR count). The van der Waals surface area contributed by atoms with Crippen LogP contribution in [0.5, 0.6) is 0 Å². The van der Waals surface area contributed by atoms with E-state index in [0.29, 0.717) is 30.1 Å². The van der Waals surface area contributed by atoms with Gasteiger partial charge >= 0.3 is 0 Å². The van der Waals surface area contributed by atoms with Crippen LogP contribution in [-0.2, 0) is 6.54 Å². The number of aromatic nitrogens is 4. The van der Waals surface area contributed by atoms with E-state index < -0.39 is 0 Å². The van der Waals surface area contributed by atoms with Crippen LogP contribution in [0, 0.1) is 6.92 Å². The zero-order chi connectivity index (χ0) is 18.8. The third-order valence-electron chi connectivity index (χ3n) is 4.85. The molecule has 1 aliphatic rings. The molecule has 0 aliphatic carbocycles. The molecule has 3 aromatic heterocycles. The largest absolute Gasteiger partial charge is 0.361 e. The Kier molecular flexibility index (Phi) is 4.53. The molecule has 1 atom stereocenters. The summed E-state index contributed by atoms with van der Waals surface area (Å²) in [6.45, 7) is 2.72. The third kappa shape index (κ3) is 3.38. The fraction of sp³-hybridized carbons (Fsp3) is 0.316. The van der Waals surface area contributed by atoms with Gasteiger partial charge in [-0.25, -0.2) is 4.68 Å². The highest BCUT2D eigenvalue weighted by molar-refractivity contribution is 5.95. The van der Waals surface area contributed by atoms with Crippen LogP contribution >= 0.6 is 0 Å². The summed E-state index contributed by atoms with van der Waals surface area (Å²) in [7, 11) is 0. The molecule has 8 heteroatoms. The zero-order valence-electron chi connectivity index (χ0n) is 14.9. The predicted octanol–water partition coefficient (Wildman–Crippen LogP) is 1.91. The van der Waals surface area contributed by atoms with Gasteiger partial charge < -0.3 is 9.42 Å². The Balaban J connectivity index is 1.59. The molecule has 0 N–H and O–H groups in total. The number of rotatable bonds is 4. The first kappa shape index (κ1) is 17.1. The van der Waals surface area contributed by atoms with Crippen LogP contribution in [0.4, 0.5) is 0 Å². The Morgan fingerprint density at radius 2 is 2.07 bits per heavy atom. The van der Waals surface area contributed by atoms with Crippen molar-refractivity contribution in [2.24, 2.45) is 0 Å². The van der Waals surface area contributed by atoms with Crippen LogP contribution in [0.2, 0.25) is 0 Å². The van der Waals surface area contributed by atoms with Crippen molar-refractivity contribution in [3.05, 3.63) is 64.5 Å². The molecule has 0 saturated carbocycles. The quantitative estimate of drug-likeness (QED) is 0.701. The van der Waals surface area contributed by atoms with Crippen molar-refractivity contribution in [1.29, 1.82) is 0 Å². The third-order valence-corrected chi connectivity index (χ3v) is 4.85. The number of amides is 1. The second-order valence-corrected chi connectivity index (χ2v) is 6.57. The van der Waals surface area contributed by atoms with Crippen LogP contribution in [0.15, 0.2) is 52.2 Å². The van der Waals surface area contributed by atoms with Crippen molar-refractivity contribution in [2.45, 2.75) is 32.4 Å². The summed E-state index contributed by atoms with van der Waals surface area (Å²) < 4.78 is 6.45. The lowest BCUT2D eigenvalue weighted by Crippen LogP contribution is -2.40. The molecule has 0 aromatic carbocycles. The maximum Gasteiger partial charge on any atom is 0.266 e. The molecule has 1 amide bonds. The van der Waals surface area contributed by atoms with Gasteiger partial charge in [0.1, 0.15) is 11.3 Å². The summed E-state index contributed by atoms with van der Waals surface area (Å²) >= 11 is 0. The Morgan fingerprint density at radius 3 is 2.81 bits per heavy atom. The van der Waals surface area contributed by atoms with Crippen LogP contribution in [-0.4, -0.2) is 43.3 Å². The van der Waals surface area contributed by atoms with Gasteiger partial charge in [0.2, 0.25) is 0 Å². The topological polar surface area (TPSA) is 94.1 Å². The molecular formula is C19H19N5O3. The standard InChI is InChI=1S/C19H19N5O3/c1-13-16(11-21-27-13)19(26)23-10-2-3-15(23)12-24-18(25)5-4-17(22-24)14-6-8-20-9-7-14/h4-9,11,15H,2-3,10,12H2,1H3. The monoisotopic (exact) mass is 365 g/mol. The molecule has 27 heavy (non-hydrogen) atoms. The first-order chi connectivity index (χ1) is 13.1. The lowest BCUT2D eigenvalue weighted by Gasteiger charge is -2.24. The van der Waals surface area contributed by atoms with E-state index in [2.05, 4.69) is 15.2 Å². The molecule has 1 fully saturated rings. The molecule has 4 heterocycles. The Hall–Kier alpha value is -3.29. The summed E-state index contributed by atoms with van der Waals surface area (Å²) in [5, 5.41) is 8.18. The number of nitrogens with zero attached hydrogens (tertiary/aromatic N) is 5. The second-order valence-electron chi connectivity index (χ2n) is 6.57. The minimum Gasteiger partial charge on any atom is -0.361 e. The van der Waals surface area contributed by atoms with E-state index in [-0.39, 0.29) is 17.5 Å². The summed E-state index contributed by atoms with van der Waals surface area (Å²) in [6.07, 6.45) is 6.53. The summed E-state index contributed by atoms with van der Waals surface area (Å²) in [5.74, 6) is 0.384. The zero-order valence-corrected chi connectivity index (χ0v) is 14.9. The fourth-order valence-electron chi connectivity index (χ4n) is 3.41. The van der Waals surface area contributed by atoms with E-state index in [4.69, 9.17) is 4.52 Å². The Morgan fingerprint density at radius 1 is 1.26 bits per heavy atom. The number of hydrogen-bond donors (Lipinski definition) is 0. The maximum absolute atomic E-state index is 12.8. The van der Waals surface area contributed by atoms with Gasteiger partial charge in [-0.05, 0) is 38.0 Å². The second kappa shape index (κ2) is 7.14. The van der Waals surface area contributed by atoms with Crippen molar-refractivity contribution in [3.63, 3.8) is 0 Å². The maximum atomic E-state index is 12.8. The van der Waals surface area contributed by atoms with Crippen molar-refractivity contribution in [3.8, 4) is 11.3 Å². The van der Waals surface area contributed by atoms with Crippen molar-refractivity contribution < 1.29 is 9.32 Å². The molecule has 1 saturated heterocycles. The first-order valence-corrected chi connectivity index (χ1v) is 8.84. The highest BCUT2D eigenvalue weighted by Crippen LogP contribution is 2.22. The molecule has 0 radical (unpaired) electrons. The van der Waals surface area contributed by atoms with Crippen molar-refractivity contribution in [1.82, 2.24) is 24.8 Å². The highest BCUT2D eigenvalue weighted by Gasteiger charge is 2.31. The van der Waals surface area contributed by atoms with E-state index in [0.717, 1.165) is 18.4 Å². The van der Waals surface area contributed by atoms with Gasteiger partial charge in [-0.3, -0.25) is 14.6 Å². The molecule has 0 spiro atoms. The van der Waals surface area contributed by atoms with E-state index in [1.807, 2.05) is 12.1 Å². The first-order valence-electron chi connectivity index (χ1n) is 8.84. The van der Waals surface area contributed by atoms with Crippen LogP contribution in [0.25, 0.3) is 11.3 Å². The van der Waals surface area contributed by atoms with Gasteiger partial charge in [-0.2, -0.15) is 5.10 Å². The smallest absolute Gasteiger partial charge is 0.266 e. The minimum absolute atomic E-state index is 0.0929. The Labute approximate surface area is 155 Å². The number of aryl methyl sites for hydroxylation is 1. The van der Waals surface area contributed by atoms with Crippen LogP contribution < -0.4 is 5.56 Å². The van der Waals surface area contributed by atoms with E-state index in [9.17, 15) is 9.59 Å². The van der Waals surface area contributed by atoms with Gasteiger partial charge in [0, 0.05) is 30.6 Å². The lowest BCUT2D eigenvalue weighted by molar-refractivity contribution is 0.0718. The number of hydrogen-bond acceptors (Lipinski definition) is 6. The molecular weight excluding hydrogens is 346 g/mol. The van der Waals surface area contributed by atoms with Gasteiger partial charge in [-0.1, -0.05) is 5.16 Å². The van der Waals surface area contributed by atoms with E-state index in [1.54, 1.807) is 30.3 Å². The van der Waals surface area contributed by atoms with Crippen LogP contribution in [0.3, 0.4) is 0 Å². The van der Waals surface area contributed by atoms with Gasteiger partial charge in [0.05, 0.1) is 24.5 Å². The molecule has 138 valence electrons. The molecule has 8 nitrogen and oxygen atoms in total. The van der Waals surface area contributed by atoms with E-state index in [1.165, 1.54) is 16.9 Å². The predicted molar refractivity (Wildman–Crippen MR) is 97.0 cm³/mol. The SMILES string of the molecule is Cc1oncc1C(=O)N1CCCC1Cn1nc(-c2ccncc2)ccc1=O. The molecule has 1 unspecified atom stereocenters. The highest BCUT2D eigenvalue weighted by atomic mass is 16.5. The summed E-state index contributed by atoms with van der Waals surface area (Å²) in [4.78, 5) is 30.9. The van der Waals surface area contributed by atoms with Gasteiger partial charge in [0.25, 0.3) is 11.5 Å². The van der Waals surface area contributed by atoms with Gasteiger partial charge in [0.15, 0.2) is 0 Å². The normalized spacial score (nSPS) is 16.6. The van der Waals surface area contributed by atoms with Crippen LogP contribution in [0.1, 0.15) is 29.0 Å². The molecule has 1 aliphatic heterocycles. The number of pyridine rings is 1. The van der Waals surface area contributed by atoms with Crippen molar-refractivity contribution >= 4 is 5.91 Å². The fourth-order valence-corrected chi connectivity index (χ4v) is 3.41.